The van der Waals surface area contributed by atoms with Crippen molar-refractivity contribution >= 4 is 23.1 Å². The van der Waals surface area contributed by atoms with Gasteiger partial charge in [0.1, 0.15) is 0 Å². The first-order valence-electron chi connectivity index (χ1n) is 8.14. The molecule has 2 N–H and O–H groups in total. The number of hydrogen-bond acceptors (Lipinski definition) is 6. The van der Waals surface area contributed by atoms with Crippen molar-refractivity contribution in [3.8, 4) is 5.69 Å². The van der Waals surface area contributed by atoms with E-state index in [0.29, 0.717) is 18.1 Å². The molecule has 0 spiro atoms. The van der Waals surface area contributed by atoms with Crippen molar-refractivity contribution in [3.05, 3.63) is 52.5 Å². The number of amides is 2. The number of hydrogen-bond donors (Lipinski definition) is 2. The van der Waals surface area contributed by atoms with E-state index in [-0.39, 0.29) is 12.1 Å². The quantitative estimate of drug-likeness (QED) is 0.695. The fraction of sp³-hybridized carbons (Fsp3) is 0.294. The van der Waals surface area contributed by atoms with Crippen molar-refractivity contribution in [2.75, 3.05) is 26.0 Å². The van der Waals surface area contributed by atoms with Crippen molar-refractivity contribution in [1.29, 1.82) is 0 Å². The Morgan fingerprint density at radius 3 is 2.81 bits per heavy atom. The highest BCUT2D eigenvalue weighted by Crippen LogP contribution is 2.22. The van der Waals surface area contributed by atoms with E-state index in [1.165, 1.54) is 4.88 Å². The summed E-state index contributed by atoms with van der Waals surface area (Å²) in [4.78, 5) is 15.6. The second-order valence-corrected chi connectivity index (χ2v) is 7.00. The molecule has 1 unspecified atom stereocenters. The van der Waals surface area contributed by atoms with Crippen LogP contribution in [0.2, 0.25) is 0 Å². The highest BCUT2D eigenvalue weighted by molar-refractivity contribution is 7.10. The van der Waals surface area contributed by atoms with Crippen LogP contribution in [0.15, 0.2) is 41.8 Å². The van der Waals surface area contributed by atoms with Gasteiger partial charge in [-0.3, -0.25) is 0 Å². The Morgan fingerprint density at radius 1 is 1.31 bits per heavy atom. The third-order valence-corrected chi connectivity index (χ3v) is 4.90. The lowest BCUT2D eigenvalue weighted by Gasteiger charge is -2.23. The van der Waals surface area contributed by atoms with Crippen molar-refractivity contribution in [2.24, 2.45) is 0 Å². The molecule has 2 aromatic heterocycles. The first-order chi connectivity index (χ1) is 12.5. The van der Waals surface area contributed by atoms with Crippen LogP contribution in [0.25, 0.3) is 5.69 Å². The van der Waals surface area contributed by atoms with Crippen LogP contribution in [0, 0.1) is 6.92 Å². The first-order valence-corrected chi connectivity index (χ1v) is 9.02. The maximum Gasteiger partial charge on any atom is 0.319 e. The second kappa shape index (κ2) is 8.07. The summed E-state index contributed by atoms with van der Waals surface area (Å²) in [5.41, 5.74) is 1.46. The molecule has 1 atom stereocenters. The average Bonchev–Trinajstić information content (AvgIpc) is 3.27. The summed E-state index contributed by atoms with van der Waals surface area (Å²) in [5, 5.41) is 19.3. The van der Waals surface area contributed by atoms with Crippen LogP contribution in [0.1, 0.15) is 16.7 Å². The second-order valence-electron chi connectivity index (χ2n) is 6.02. The molecule has 0 aliphatic heterocycles. The molecule has 0 aliphatic carbocycles. The minimum atomic E-state index is -0.251. The lowest BCUT2D eigenvalue weighted by molar-refractivity contribution is 0.244. The lowest BCUT2D eigenvalue weighted by Crippen LogP contribution is -2.36. The topological polar surface area (TPSA) is 88.0 Å². The SMILES string of the molecule is Cc1nnnn1-c1cccc(NC(=O)NCC(c2cccs2)N(C)C)c1. The molecule has 0 aliphatic rings. The van der Waals surface area contributed by atoms with Gasteiger partial charge in [-0.15, -0.1) is 16.4 Å². The predicted molar refractivity (Wildman–Crippen MR) is 102 cm³/mol. The Bertz CT molecular complexity index is 860. The van der Waals surface area contributed by atoms with E-state index >= 15 is 0 Å². The van der Waals surface area contributed by atoms with Crippen molar-refractivity contribution < 1.29 is 4.79 Å². The maximum atomic E-state index is 12.3. The Labute approximate surface area is 155 Å². The number of benzene rings is 1. The summed E-state index contributed by atoms with van der Waals surface area (Å²) in [5.74, 6) is 0.677. The van der Waals surface area contributed by atoms with Gasteiger partial charge in [0, 0.05) is 17.1 Å². The summed E-state index contributed by atoms with van der Waals surface area (Å²) in [6.07, 6.45) is 0. The third kappa shape index (κ3) is 4.24. The summed E-state index contributed by atoms with van der Waals surface area (Å²) in [6, 6.07) is 11.4. The highest BCUT2D eigenvalue weighted by atomic mass is 32.1. The van der Waals surface area contributed by atoms with Crippen LogP contribution in [-0.4, -0.2) is 51.8 Å². The fourth-order valence-electron chi connectivity index (χ4n) is 2.57. The molecule has 2 amide bonds. The van der Waals surface area contributed by atoms with Gasteiger partial charge in [0.25, 0.3) is 0 Å². The van der Waals surface area contributed by atoms with Gasteiger partial charge in [-0.1, -0.05) is 12.1 Å². The Kier molecular flexibility index (Phi) is 5.59. The average molecular weight is 371 g/mol. The smallest absolute Gasteiger partial charge is 0.319 e. The van der Waals surface area contributed by atoms with Crippen LogP contribution < -0.4 is 10.6 Å². The summed E-state index contributed by atoms with van der Waals surface area (Å²) >= 11 is 1.68. The first kappa shape index (κ1) is 18.0. The minimum Gasteiger partial charge on any atom is -0.336 e. The number of anilines is 1. The van der Waals surface area contributed by atoms with E-state index in [1.807, 2.05) is 56.7 Å². The molecular formula is C17H21N7OS. The number of rotatable bonds is 6. The number of nitrogens with zero attached hydrogens (tertiary/aromatic N) is 5. The van der Waals surface area contributed by atoms with Gasteiger partial charge in [-0.25, -0.2) is 4.79 Å². The van der Waals surface area contributed by atoms with Gasteiger partial charge in [0.2, 0.25) is 0 Å². The number of likely N-dealkylation sites (N-methyl/N-ethyl adjacent to an activating group) is 1. The zero-order chi connectivity index (χ0) is 18.5. The van der Waals surface area contributed by atoms with Crippen LogP contribution in [0.3, 0.4) is 0 Å². The summed E-state index contributed by atoms with van der Waals surface area (Å²) in [6.45, 7) is 2.34. The van der Waals surface area contributed by atoms with Crippen molar-refractivity contribution in [3.63, 3.8) is 0 Å². The lowest BCUT2D eigenvalue weighted by atomic mass is 10.2. The highest BCUT2D eigenvalue weighted by Gasteiger charge is 2.16. The van der Waals surface area contributed by atoms with Gasteiger partial charge in [0.15, 0.2) is 5.82 Å². The molecule has 3 rings (SSSR count). The zero-order valence-electron chi connectivity index (χ0n) is 14.9. The molecule has 8 nitrogen and oxygen atoms in total. The van der Waals surface area contributed by atoms with Crippen LogP contribution in [-0.2, 0) is 0 Å². The van der Waals surface area contributed by atoms with Crippen LogP contribution >= 0.6 is 11.3 Å². The van der Waals surface area contributed by atoms with Crippen molar-refractivity contribution in [2.45, 2.75) is 13.0 Å². The molecule has 0 bridgehead atoms. The molecule has 9 heteroatoms. The number of urea groups is 1. The maximum absolute atomic E-state index is 12.3. The largest absolute Gasteiger partial charge is 0.336 e. The molecule has 1 aromatic carbocycles. The van der Waals surface area contributed by atoms with E-state index in [9.17, 15) is 4.79 Å². The Balaban J connectivity index is 1.62. The van der Waals surface area contributed by atoms with Crippen molar-refractivity contribution in [1.82, 2.24) is 30.4 Å². The number of tetrazole rings is 1. The van der Waals surface area contributed by atoms with E-state index in [2.05, 4.69) is 37.1 Å². The summed E-state index contributed by atoms with van der Waals surface area (Å²) < 4.78 is 1.61. The minimum absolute atomic E-state index is 0.135. The van der Waals surface area contributed by atoms with E-state index in [1.54, 1.807) is 16.0 Å². The predicted octanol–water partition coefficient (Wildman–Crippen LogP) is 2.46. The molecule has 0 radical (unpaired) electrons. The zero-order valence-corrected chi connectivity index (χ0v) is 15.7. The third-order valence-electron chi connectivity index (χ3n) is 3.92. The number of nitrogens with one attached hydrogen (secondary N) is 2. The molecule has 136 valence electrons. The molecule has 3 aromatic rings. The van der Waals surface area contributed by atoms with Gasteiger partial charge < -0.3 is 15.5 Å². The monoisotopic (exact) mass is 371 g/mol. The number of thiophene rings is 1. The van der Waals surface area contributed by atoms with Gasteiger partial charge >= 0.3 is 6.03 Å². The molecule has 0 saturated heterocycles. The Hall–Kier alpha value is -2.78. The molecule has 0 fully saturated rings. The van der Waals surface area contributed by atoms with Crippen LogP contribution in [0.4, 0.5) is 10.5 Å². The van der Waals surface area contributed by atoms with Crippen LogP contribution in [0.5, 0.6) is 0 Å². The standard InChI is InChI=1S/C17H21N7OS/c1-12-20-21-22-24(12)14-7-4-6-13(10-14)19-17(25)18-11-15(23(2)3)16-8-5-9-26-16/h4-10,15H,11H2,1-3H3,(H2,18,19,25). The number of carbonyl (C=O) groups is 1. The number of carbonyl (C=O) groups excluding carboxylic acids is 1. The van der Waals surface area contributed by atoms with Gasteiger partial charge in [0.05, 0.1) is 11.7 Å². The van der Waals surface area contributed by atoms with Gasteiger partial charge in [-0.2, -0.15) is 4.68 Å². The molecule has 0 saturated carbocycles. The van der Waals surface area contributed by atoms with E-state index in [0.717, 1.165) is 5.69 Å². The molecular weight excluding hydrogens is 350 g/mol. The normalized spacial score (nSPS) is 12.2. The number of aromatic nitrogens is 4. The summed E-state index contributed by atoms with van der Waals surface area (Å²) in [7, 11) is 4.00. The number of aryl methyl sites for hydroxylation is 1. The molecule has 2 heterocycles. The van der Waals surface area contributed by atoms with E-state index in [4.69, 9.17) is 0 Å². The fourth-order valence-corrected chi connectivity index (χ4v) is 3.49. The Morgan fingerprint density at radius 2 is 2.15 bits per heavy atom. The van der Waals surface area contributed by atoms with Gasteiger partial charge in [-0.05, 0) is 61.1 Å². The molecule has 26 heavy (non-hydrogen) atoms. The van der Waals surface area contributed by atoms with E-state index < -0.39 is 0 Å².